The molecule has 2 aromatic heterocycles. The van der Waals surface area contributed by atoms with Crippen LogP contribution in [0.1, 0.15) is 0 Å². The topological polar surface area (TPSA) is 50.7 Å². The molecule has 0 spiro atoms. The van der Waals surface area contributed by atoms with E-state index in [2.05, 4.69) is 36.2 Å². The summed E-state index contributed by atoms with van der Waals surface area (Å²) in [6.07, 6.45) is 4.93. The Bertz CT molecular complexity index is 685. The molecule has 0 saturated heterocycles. The average Bonchev–Trinajstić information content (AvgIpc) is 2.41. The third-order valence-electron chi connectivity index (χ3n) is 2.49. The Morgan fingerprint density at radius 1 is 1.11 bits per heavy atom. The zero-order valence-electron chi connectivity index (χ0n) is 9.34. The normalized spacial score (nSPS) is 10.5. The molecule has 0 aliphatic heterocycles. The zero-order valence-corrected chi connectivity index (χ0v) is 10.9. The maximum absolute atomic E-state index is 4.54. The van der Waals surface area contributed by atoms with Crippen molar-refractivity contribution >= 4 is 38.5 Å². The maximum Gasteiger partial charge on any atom is 0.150 e. The van der Waals surface area contributed by atoms with Crippen LogP contribution in [0.25, 0.3) is 10.9 Å². The molecule has 5 heteroatoms. The first kappa shape index (κ1) is 11.1. The highest BCUT2D eigenvalue weighted by atomic mass is 79.9. The summed E-state index contributed by atoms with van der Waals surface area (Å²) in [7, 11) is 0. The highest BCUT2D eigenvalue weighted by molar-refractivity contribution is 9.10. The van der Waals surface area contributed by atoms with Gasteiger partial charge >= 0.3 is 0 Å². The van der Waals surface area contributed by atoms with Crippen LogP contribution in [0.4, 0.5) is 11.6 Å². The lowest BCUT2D eigenvalue weighted by Gasteiger charge is -2.07. The number of aromatic nitrogens is 3. The molecule has 0 bridgehead atoms. The Morgan fingerprint density at radius 2 is 2.00 bits per heavy atom. The molecule has 18 heavy (non-hydrogen) atoms. The van der Waals surface area contributed by atoms with Gasteiger partial charge in [0.1, 0.15) is 11.6 Å². The molecule has 3 rings (SSSR count). The standard InChI is InChI=1S/C13H9BrN4/c14-10-7-9-3-1-2-4-11(9)17-13(10)18-12-8-15-5-6-16-12/h1-8H,(H,16,17,18). The molecule has 4 nitrogen and oxygen atoms in total. The number of para-hydroxylation sites is 1. The lowest BCUT2D eigenvalue weighted by atomic mass is 10.2. The zero-order chi connectivity index (χ0) is 12.4. The molecule has 0 saturated carbocycles. The molecule has 0 fully saturated rings. The second-order valence-electron chi connectivity index (χ2n) is 3.73. The Morgan fingerprint density at radius 3 is 2.83 bits per heavy atom. The minimum absolute atomic E-state index is 0.668. The van der Waals surface area contributed by atoms with Crippen LogP contribution in [-0.4, -0.2) is 15.0 Å². The van der Waals surface area contributed by atoms with Crippen molar-refractivity contribution in [2.45, 2.75) is 0 Å². The van der Waals surface area contributed by atoms with Crippen LogP contribution in [0.5, 0.6) is 0 Å². The molecule has 1 N–H and O–H groups in total. The first-order valence-electron chi connectivity index (χ1n) is 5.41. The predicted octanol–water partition coefficient (Wildman–Crippen LogP) is 3.53. The summed E-state index contributed by atoms with van der Waals surface area (Å²) in [4.78, 5) is 12.7. The molecule has 3 aromatic rings. The minimum atomic E-state index is 0.668. The monoisotopic (exact) mass is 300 g/mol. The highest BCUT2D eigenvalue weighted by Gasteiger charge is 2.05. The van der Waals surface area contributed by atoms with Gasteiger partial charge in [0.15, 0.2) is 0 Å². The summed E-state index contributed by atoms with van der Waals surface area (Å²) < 4.78 is 0.895. The van der Waals surface area contributed by atoms with E-state index in [1.807, 2.05) is 30.3 Å². The largest absolute Gasteiger partial charge is 0.323 e. The Hall–Kier alpha value is -2.01. The van der Waals surface area contributed by atoms with Gasteiger partial charge in [0.25, 0.3) is 0 Å². The van der Waals surface area contributed by atoms with Crippen LogP contribution >= 0.6 is 15.9 Å². The maximum atomic E-state index is 4.54. The summed E-state index contributed by atoms with van der Waals surface area (Å²) in [5.41, 5.74) is 0.937. The van der Waals surface area contributed by atoms with Gasteiger partial charge in [0.05, 0.1) is 16.2 Å². The number of nitrogens with one attached hydrogen (secondary N) is 1. The summed E-state index contributed by atoms with van der Waals surface area (Å²) in [6.45, 7) is 0. The molecule has 0 amide bonds. The Kier molecular flexibility index (Phi) is 2.90. The van der Waals surface area contributed by atoms with Crippen molar-refractivity contribution in [1.82, 2.24) is 15.0 Å². The number of benzene rings is 1. The van der Waals surface area contributed by atoms with Gasteiger partial charge in [-0.05, 0) is 28.1 Å². The third-order valence-corrected chi connectivity index (χ3v) is 3.09. The molecule has 0 atom stereocenters. The quantitative estimate of drug-likeness (QED) is 0.786. The molecule has 0 unspecified atom stereocenters. The van der Waals surface area contributed by atoms with Crippen molar-refractivity contribution in [3.8, 4) is 0 Å². The van der Waals surface area contributed by atoms with E-state index in [1.165, 1.54) is 0 Å². The van der Waals surface area contributed by atoms with Crippen LogP contribution in [-0.2, 0) is 0 Å². The van der Waals surface area contributed by atoms with Crippen LogP contribution in [0.3, 0.4) is 0 Å². The first-order chi connectivity index (χ1) is 8.83. The van der Waals surface area contributed by atoms with Gasteiger partial charge in [-0.25, -0.2) is 9.97 Å². The van der Waals surface area contributed by atoms with Crippen LogP contribution < -0.4 is 5.32 Å². The van der Waals surface area contributed by atoms with Gasteiger partial charge in [-0.15, -0.1) is 0 Å². The van der Waals surface area contributed by atoms with Gasteiger partial charge in [-0.2, -0.15) is 0 Å². The molecule has 88 valence electrons. The summed E-state index contributed by atoms with van der Waals surface area (Å²) >= 11 is 3.50. The minimum Gasteiger partial charge on any atom is -0.323 e. The Labute approximate surface area is 112 Å². The van der Waals surface area contributed by atoms with Crippen molar-refractivity contribution in [1.29, 1.82) is 0 Å². The molecule has 0 aliphatic carbocycles. The van der Waals surface area contributed by atoms with Crippen molar-refractivity contribution in [3.05, 3.63) is 53.4 Å². The fraction of sp³-hybridized carbons (Fsp3) is 0. The number of anilines is 2. The molecule has 0 aliphatic rings. The number of nitrogens with zero attached hydrogens (tertiary/aromatic N) is 3. The summed E-state index contributed by atoms with van der Waals surface area (Å²) in [5.74, 6) is 1.40. The van der Waals surface area contributed by atoms with Crippen molar-refractivity contribution < 1.29 is 0 Å². The number of rotatable bonds is 2. The number of fused-ring (bicyclic) bond motifs is 1. The lowest BCUT2D eigenvalue weighted by molar-refractivity contribution is 1.19. The number of halogens is 1. The van der Waals surface area contributed by atoms with E-state index in [9.17, 15) is 0 Å². The van der Waals surface area contributed by atoms with E-state index in [1.54, 1.807) is 18.6 Å². The predicted molar refractivity (Wildman–Crippen MR) is 74.8 cm³/mol. The molecule has 2 heterocycles. The van der Waals surface area contributed by atoms with E-state index >= 15 is 0 Å². The van der Waals surface area contributed by atoms with Gasteiger partial charge in [0.2, 0.25) is 0 Å². The van der Waals surface area contributed by atoms with Gasteiger partial charge in [-0.1, -0.05) is 18.2 Å². The molecular formula is C13H9BrN4. The highest BCUT2D eigenvalue weighted by Crippen LogP contribution is 2.26. The van der Waals surface area contributed by atoms with Crippen molar-refractivity contribution in [2.24, 2.45) is 0 Å². The van der Waals surface area contributed by atoms with Crippen LogP contribution in [0.15, 0.2) is 53.4 Å². The lowest BCUT2D eigenvalue weighted by Crippen LogP contribution is -1.97. The van der Waals surface area contributed by atoms with Gasteiger partial charge < -0.3 is 5.32 Å². The molecular weight excluding hydrogens is 292 g/mol. The van der Waals surface area contributed by atoms with Crippen molar-refractivity contribution in [3.63, 3.8) is 0 Å². The second-order valence-corrected chi connectivity index (χ2v) is 4.58. The van der Waals surface area contributed by atoms with Crippen LogP contribution in [0, 0.1) is 0 Å². The second kappa shape index (κ2) is 4.70. The molecule has 1 aromatic carbocycles. The fourth-order valence-electron chi connectivity index (χ4n) is 1.66. The SMILES string of the molecule is Brc1cc2ccccc2nc1Nc1cnccn1. The van der Waals surface area contributed by atoms with E-state index in [0.717, 1.165) is 21.2 Å². The van der Waals surface area contributed by atoms with Gasteiger partial charge in [0, 0.05) is 17.8 Å². The molecule has 0 radical (unpaired) electrons. The first-order valence-corrected chi connectivity index (χ1v) is 6.20. The average molecular weight is 301 g/mol. The third kappa shape index (κ3) is 2.17. The smallest absolute Gasteiger partial charge is 0.150 e. The van der Waals surface area contributed by atoms with E-state index in [0.29, 0.717) is 5.82 Å². The summed E-state index contributed by atoms with van der Waals surface area (Å²) in [6, 6.07) is 9.99. The number of pyridine rings is 1. The number of hydrogen-bond donors (Lipinski definition) is 1. The fourth-order valence-corrected chi connectivity index (χ4v) is 2.10. The van der Waals surface area contributed by atoms with E-state index < -0.39 is 0 Å². The Balaban J connectivity index is 2.04. The number of hydrogen-bond acceptors (Lipinski definition) is 4. The summed E-state index contributed by atoms with van der Waals surface area (Å²) in [5, 5.41) is 4.22. The van der Waals surface area contributed by atoms with Crippen LogP contribution in [0.2, 0.25) is 0 Å². The van der Waals surface area contributed by atoms with E-state index in [4.69, 9.17) is 0 Å². The van der Waals surface area contributed by atoms with Crippen molar-refractivity contribution in [2.75, 3.05) is 5.32 Å². The van der Waals surface area contributed by atoms with Gasteiger partial charge in [-0.3, -0.25) is 4.98 Å². The van der Waals surface area contributed by atoms with E-state index in [-0.39, 0.29) is 0 Å².